The molecule has 0 spiro atoms. The van der Waals surface area contributed by atoms with E-state index < -0.39 is 0 Å². The maximum Gasteiger partial charge on any atom is 0.274 e. The third kappa shape index (κ3) is 4.65. The number of nitrogens with zero attached hydrogens (tertiary/aromatic N) is 4. The van der Waals surface area contributed by atoms with Crippen molar-refractivity contribution < 1.29 is 9.53 Å². The number of nitrogens with one attached hydrogen (secondary N) is 1. The Morgan fingerprint density at radius 1 is 1.12 bits per heavy atom. The summed E-state index contributed by atoms with van der Waals surface area (Å²) in [5.41, 5.74) is 0.975. The minimum Gasteiger partial charge on any atom is -0.372 e. The molecule has 1 aliphatic heterocycles. The molecular weight excluding hydrogens is 406 g/mol. The summed E-state index contributed by atoms with van der Waals surface area (Å²) in [6.07, 6.45) is 2.87. The molecule has 1 aliphatic rings. The molecule has 1 N–H and O–H groups in total. The number of rotatable bonds is 6. The van der Waals surface area contributed by atoms with Crippen LogP contribution in [0.25, 0.3) is 10.8 Å². The van der Waals surface area contributed by atoms with Crippen molar-refractivity contribution >= 4 is 22.5 Å². The van der Waals surface area contributed by atoms with Gasteiger partial charge in [-0.1, -0.05) is 31.2 Å². The van der Waals surface area contributed by atoms with E-state index in [1.165, 1.54) is 4.68 Å². The summed E-state index contributed by atoms with van der Waals surface area (Å²) < 4.78 is 7.16. The van der Waals surface area contributed by atoms with Gasteiger partial charge in [-0.3, -0.25) is 9.59 Å². The third-order valence-corrected chi connectivity index (χ3v) is 5.52. The van der Waals surface area contributed by atoms with Gasteiger partial charge in [-0.2, -0.15) is 5.10 Å². The normalized spacial score (nSPS) is 18.7. The third-order valence-electron chi connectivity index (χ3n) is 5.52. The molecule has 8 nitrogen and oxygen atoms in total. The molecular formula is C24H29N5O3. The molecule has 1 aromatic carbocycles. The Labute approximate surface area is 187 Å². The number of anilines is 1. The Hall–Kier alpha value is -3.26. The maximum atomic E-state index is 13.0. The molecule has 2 atom stereocenters. The van der Waals surface area contributed by atoms with Crippen molar-refractivity contribution in [3.05, 3.63) is 64.2 Å². The number of benzene rings is 1. The number of morpholine rings is 1. The largest absolute Gasteiger partial charge is 0.372 e. The number of hydrogen-bond donors (Lipinski definition) is 1. The molecule has 0 bridgehead atoms. The highest BCUT2D eigenvalue weighted by Gasteiger charge is 2.23. The molecule has 3 aromatic rings. The lowest BCUT2D eigenvalue weighted by Crippen LogP contribution is -2.45. The second-order valence-corrected chi connectivity index (χ2v) is 8.29. The van der Waals surface area contributed by atoms with Gasteiger partial charge >= 0.3 is 0 Å². The van der Waals surface area contributed by atoms with Crippen LogP contribution in [0.3, 0.4) is 0 Å². The van der Waals surface area contributed by atoms with Gasteiger partial charge in [0.1, 0.15) is 5.82 Å². The molecule has 168 valence electrons. The topological polar surface area (TPSA) is 89.3 Å². The molecule has 0 radical (unpaired) electrons. The van der Waals surface area contributed by atoms with E-state index in [-0.39, 0.29) is 29.4 Å². The van der Waals surface area contributed by atoms with Gasteiger partial charge in [0.2, 0.25) is 0 Å². The molecule has 0 saturated carbocycles. The number of ether oxygens (including phenoxy) is 1. The van der Waals surface area contributed by atoms with E-state index in [4.69, 9.17) is 4.74 Å². The summed E-state index contributed by atoms with van der Waals surface area (Å²) in [7, 11) is 0. The minimum absolute atomic E-state index is 0.165. The van der Waals surface area contributed by atoms with Gasteiger partial charge in [-0.05, 0) is 38.0 Å². The van der Waals surface area contributed by atoms with E-state index in [1.54, 1.807) is 30.5 Å². The number of carbonyl (C=O) groups excluding carboxylic acids is 1. The zero-order chi connectivity index (χ0) is 22.7. The first-order chi connectivity index (χ1) is 15.5. The molecule has 4 rings (SSSR count). The first-order valence-corrected chi connectivity index (χ1v) is 11.1. The standard InChI is InChI=1S/C24H29N5O3/c1-4-11-29-24(31)20-8-6-5-7-19(20)22(27-29)23(30)26-13-18-9-10-21(25-12-18)28-14-16(2)32-17(3)15-28/h5-10,12,16-17H,4,11,13-15H2,1-3H3,(H,26,30). The average Bonchev–Trinajstić information content (AvgIpc) is 2.79. The highest BCUT2D eigenvalue weighted by molar-refractivity contribution is 6.04. The fraction of sp³-hybridized carbons (Fsp3) is 0.417. The van der Waals surface area contributed by atoms with Crippen LogP contribution >= 0.6 is 0 Å². The molecule has 3 heterocycles. The van der Waals surface area contributed by atoms with Gasteiger partial charge in [0.05, 0.1) is 17.6 Å². The monoisotopic (exact) mass is 435 g/mol. The predicted molar refractivity (Wildman–Crippen MR) is 124 cm³/mol. The van der Waals surface area contributed by atoms with Crippen LogP contribution in [0.2, 0.25) is 0 Å². The van der Waals surface area contributed by atoms with Crippen LogP contribution in [-0.2, 0) is 17.8 Å². The number of carbonyl (C=O) groups is 1. The molecule has 1 amide bonds. The Bertz CT molecular complexity index is 1150. The zero-order valence-corrected chi connectivity index (χ0v) is 18.7. The summed E-state index contributed by atoms with van der Waals surface area (Å²) in [5.74, 6) is 0.590. The van der Waals surface area contributed by atoms with Gasteiger partial charge in [-0.15, -0.1) is 0 Å². The minimum atomic E-state index is -0.314. The van der Waals surface area contributed by atoms with Crippen LogP contribution in [0.5, 0.6) is 0 Å². The smallest absolute Gasteiger partial charge is 0.274 e. The van der Waals surface area contributed by atoms with Crippen LogP contribution in [0.1, 0.15) is 43.2 Å². The van der Waals surface area contributed by atoms with Crippen molar-refractivity contribution in [2.24, 2.45) is 0 Å². The van der Waals surface area contributed by atoms with E-state index in [0.29, 0.717) is 23.9 Å². The van der Waals surface area contributed by atoms with Crippen LogP contribution in [-0.4, -0.2) is 46.0 Å². The van der Waals surface area contributed by atoms with Gasteiger partial charge in [0.15, 0.2) is 5.69 Å². The fourth-order valence-electron chi connectivity index (χ4n) is 4.11. The number of fused-ring (bicyclic) bond motifs is 1. The number of aryl methyl sites for hydroxylation is 1. The van der Waals surface area contributed by atoms with E-state index in [9.17, 15) is 9.59 Å². The Balaban J connectivity index is 1.49. The second kappa shape index (κ2) is 9.48. The van der Waals surface area contributed by atoms with Crippen LogP contribution < -0.4 is 15.8 Å². The first-order valence-electron chi connectivity index (χ1n) is 11.1. The van der Waals surface area contributed by atoms with Crippen LogP contribution in [0.4, 0.5) is 5.82 Å². The average molecular weight is 436 g/mol. The van der Waals surface area contributed by atoms with E-state index in [0.717, 1.165) is 30.9 Å². The Morgan fingerprint density at radius 3 is 2.50 bits per heavy atom. The summed E-state index contributed by atoms with van der Waals surface area (Å²) in [6, 6.07) is 11.0. The summed E-state index contributed by atoms with van der Waals surface area (Å²) in [4.78, 5) is 32.4. The second-order valence-electron chi connectivity index (χ2n) is 8.29. The van der Waals surface area contributed by atoms with Crippen molar-refractivity contribution in [3.8, 4) is 0 Å². The number of pyridine rings is 1. The lowest BCUT2D eigenvalue weighted by Gasteiger charge is -2.36. The quantitative estimate of drug-likeness (QED) is 0.640. The van der Waals surface area contributed by atoms with E-state index in [2.05, 4.69) is 34.1 Å². The van der Waals surface area contributed by atoms with Crippen molar-refractivity contribution in [1.29, 1.82) is 0 Å². The molecule has 8 heteroatoms. The fourth-order valence-corrected chi connectivity index (χ4v) is 4.11. The van der Waals surface area contributed by atoms with Gasteiger partial charge in [0, 0.05) is 37.8 Å². The highest BCUT2D eigenvalue weighted by Crippen LogP contribution is 2.19. The molecule has 0 aliphatic carbocycles. The van der Waals surface area contributed by atoms with Gasteiger partial charge in [-0.25, -0.2) is 9.67 Å². The van der Waals surface area contributed by atoms with Crippen molar-refractivity contribution in [2.45, 2.75) is 52.5 Å². The maximum absolute atomic E-state index is 13.0. The first kappa shape index (κ1) is 22.0. The molecule has 1 saturated heterocycles. The number of amides is 1. The van der Waals surface area contributed by atoms with Gasteiger partial charge < -0.3 is 15.0 Å². The SMILES string of the molecule is CCCn1nc(C(=O)NCc2ccc(N3CC(C)OC(C)C3)nc2)c2ccccc2c1=O. The predicted octanol–water partition coefficient (Wildman–Crippen LogP) is 2.75. The van der Waals surface area contributed by atoms with Crippen molar-refractivity contribution in [2.75, 3.05) is 18.0 Å². The lowest BCUT2D eigenvalue weighted by molar-refractivity contribution is -0.00546. The molecule has 2 aromatic heterocycles. The van der Waals surface area contributed by atoms with E-state index >= 15 is 0 Å². The summed E-state index contributed by atoms with van der Waals surface area (Å²) in [5, 5.41) is 8.33. The van der Waals surface area contributed by atoms with Crippen molar-refractivity contribution in [1.82, 2.24) is 20.1 Å². The Morgan fingerprint density at radius 2 is 1.84 bits per heavy atom. The number of hydrogen-bond acceptors (Lipinski definition) is 6. The lowest BCUT2D eigenvalue weighted by atomic mass is 10.1. The van der Waals surface area contributed by atoms with Crippen molar-refractivity contribution in [3.63, 3.8) is 0 Å². The Kier molecular flexibility index (Phi) is 6.50. The highest BCUT2D eigenvalue weighted by atomic mass is 16.5. The summed E-state index contributed by atoms with van der Waals surface area (Å²) in [6.45, 7) is 8.50. The van der Waals surface area contributed by atoms with Crippen LogP contribution in [0.15, 0.2) is 47.4 Å². The van der Waals surface area contributed by atoms with Gasteiger partial charge in [0.25, 0.3) is 11.5 Å². The zero-order valence-electron chi connectivity index (χ0n) is 18.7. The molecule has 1 fully saturated rings. The summed E-state index contributed by atoms with van der Waals surface area (Å²) >= 11 is 0. The van der Waals surface area contributed by atoms with E-state index in [1.807, 2.05) is 19.1 Å². The van der Waals surface area contributed by atoms with Crippen LogP contribution in [0, 0.1) is 0 Å². The molecule has 32 heavy (non-hydrogen) atoms. The number of aromatic nitrogens is 3. The molecule has 2 unspecified atom stereocenters.